The molecule has 0 spiro atoms. The van der Waals surface area contributed by atoms with Gasteiger partial charge in [-0.1, -0.05) is 18.2 Å². The van der Waals surface area contributed by atoms with E-state index in [1.165, 1.54) is 12.1 Å². The summed E-state index contributed by atoms with van der Waals surface area (Å²) in [6, 6.07) is 2.88. The summed E-state index contributed by atoms with van der Waals surface area (Å²) in [6.45, 7) is 3.80. The SMILES string of the molecule is C=C(Cl)CNc1ccc(C(=O)O)o1. The second-order valence-corrected chi connectivity index (χ2v) is 2.87. The van der Waals surface area contributed by atoms with Crippen LogP contribution in [0.25, 0.3) is 0 Å². The van der Waals surface area contributed by atoms with Gasteiger partial charge in [-0.25, -0.2) is 4.79 Å². The molecule has 0 aliphatic carbocycles. The van der Waals surface area contributed by atoms with E-state index < -0.39 is 5.97 Å². The molecule has 13 heavy (non-hydrogen) atoms. The zero-order valence-electron chi connectivity index (χ0n) is 6.71. The minimum Gasteiger partial charge on any atom is -0.475 e. The first-order valence-electron chi connectivity index (χ1n) is 3.50. The maximum Gasteiger partial charge on any atom is 0.371 e. The summed E-state index contributed by atoms with van der Waals surface area (Å²) >= 11 is 5.48. The molecule has 0 aliphatic rings. The first-order chi connectivity index (χ1) is 6.09. The quantitative estimate of drug-likeness (QED) is 0.784. The van der Waals surface area contributed by atoms with Crippen LogP contribution in [0.4, 0.5) is 5.88 Å². The molecule has 0 amide bonds. The van der Waals surface area contributed by atoms with Gasteiger partial charge in [0.2, 0.25) is 5.76 Å². The number of carbonyl (C=O) groups is 1. The molecule has 70 valence electrons. The van der Waals surface area contributed by atoms with Crippen molar-refractivity contribution in [2.24, 2.45) is 0 Å². The molecule has 0 fully saturated rings. The van der Waals surface area contributed by atoms with Crippen molar-refractivity contribution in [2.45, 2.75) is 0 Å². The Labute approximate surface area is 79.8 Å². The number of carboxylic acids is 1. The molecule has 0 unspecified atom stereocenters. The Hall–Kier alpha value is -1.42. The van der Waals surface area contributed by atoms with Crippen molar-refractivity contribution in [1.29, 1.82) is 0 Å². The van der Waals surface area contributed by atoms with Crippen LogP contribution in [-0.4, -0.2) is 17.6 Å². The minimum atomic E-state index is -1.10. The van der Waals surface area contributed by atoms with Gasteiger partial charge in [0.05, 0.1) is 6.54 Å². The molecule has 0 aromatic carbocycles. The molecule has 1 aromatic heterocycles. The zero-order chi connectivity index (χ0) is 9.84. The fourth-order valence-electron chi connectivity index (χ4n) is 0.731. The molecule has 0 aliphatic heterocycles. The summed E-state index contributed by atoms with van der Waals surface area (Å²) in [5.41, 5.74) is 0. The van der Waals surface area contributed by atoms with E-state index in [1.54, 1.807) is 0 Å². The molecular formula is C8H8ClNO3. The summed E-state index contributed by atoms with van der Waals surface area (Å²) in [7, 11) is 0. The maximum absolute atomic E-state index is 10.4. The third kappa shape index (κ3) is 2.83. The highest BCUT2D eigenvalue weighted by Crippen LogP contribution is 2.13. The molecule has 0 saturated heterocycles. The standard InChI is InChI=1S/C8H8ClNO3/c1-5(9)4-10-7-3-2-6(13-7)8(11)12/h2-3,10H,1,4H2,(H,11,12). The normalized spacial score (nSPS) is 9.62. The van der Waals surface area contributed by atoms with E-state index >= 15 is 0 Å². The minimum absolute atomic E-state index is 0.109. The molecule has 1 aromatic rings. The second kappa shape index (κ2) is 4.00. The lowest BCUT2D eigenvalue weighted by Gasteiger charge is -1.98. The van der Waals surface area contributed by atoms with Crippen LogP contribution in [0.1, 0.15) is 10.6 Å². The van der Waals surface area contributed by atoms with Crippen LogP contribution in [0.15, 0.2) is 28.2 Å². The van der Waals surface area contributed by atoms with Gasteiger partial charge in [-0.3, -0.25) is 0 Å². The van der Waals surface area contributed by atoms with E-state index in [4.69, 9.17) is 21.1 Å². The van der Waals surface area contributed by atoms with Crippen LogP contribution in [0, 0.1) is 0 Å². The second-order valence-electron chi connectivity index (χ2n) is 2.34. The van der Waals surface area contributed by atoms with E-state index in [0.717, 1.165) is 0 Å². The lowest BCUT2D eigenvalue weighted by molar-refractivity contribution is 0.0663. The largest absolute Gasteiger partial charge is 0.475 e. The first kappa shape index (κ1) is 9.67. The van der Waals surface area contributed by atoms with Gasteiger partial charge in [-0.05, 0) is 6.07 Å². The maximum atomic E-state index is 10.4. The number of hydrogen-bond acceptors (Lipinski definition) is 3. The van der Waals surface area contributed by atoms with Crippen molar-refractivity contribution in [1.82, 2.24) is 0 Å². The molecule has 2 N–H and O–H groups in total. The number of anilines is 1. The molecule has 0 bridgehead atoms. The van der Waals surface area contributed by atoms with Crippen LogP contribution in [0.5, 0.6) is 0 Å². The van der Waals surface area contributed by atoms with Crippen LogP contribution in [0.2, 0.25) is 0 Å². The van der Waals surface area contributed by atoms with Gasteiger partial charge >= 0.3 is 5.97 Å². The molecule has 1 rings (SSSR count). The predicted molar refractivity (Wildman–Crippen MR) is 49.2 cm³/mol. The molecule has 1 heterocycles. The van der Waals surface area contributed by atoms with Gasteiger partial charge in [0.25, 0.3) is 0 Å². The summed E-state index contributed by atoms with van der Waals surface area (Å²) in [4.78, 5) is 10.4. The monoisotopic (exact) mass is 201 g/mol. The van der Waals surface area contributed by atoms with Crippen molar-refractivity contribution < 1.29 is 14.3 Å². The fraction of sp³-hybridized carbons (Fsp3) is 0.125. The van der Waals surface area contributed by atoms with Gasteiger partial charge in [-0.2, -0.15) is 0 Å². The smallest absolute Gasteiger partial charge is 0.371 e. The van der Waals surface area contributed by atoms with Gasteiger partial charge < -0.3 is 14.8 Å². The van der Waals surface area contributed by atoms with Crippen LogP contribution < -0.4 is 5.32 Å². The van der Waals surface area contributed by atoms with Crippen LogP contribution in [0.3, 0.4) is 0 Å². The van der Waals surface area contributed by atoms with Crippen molar-refractivity contribution in [3.05, 3.63) is 29.5 Å². The summed E-state index contributed by atoms with van der Waals surface area (Å²) in [5, 5.41) is 11.7. The Morgan fingerprint density at radius 3 is 2.85 bits per heavy atom. The summed E-state index contributed by atoms with van der Waals surface area (Å²) in [5.74, 6) is -0.848. The van der Waals surface area contributed by atoms with Gasteiger partial charge in [0, 0.05) is 11.1 Å². The predicted octanol–water partition coefficient (Wildman–Crippen LogP) is 2.14. The van der Waals surface area contributed by atoms with E-state index in [9.17, 15) is 4.79 Å². The number of aromatic carboxylic acids is 1. The fourth-order valence-corrected chi connectivity index (χ4v) is 0.798. The van der Waals surface area contributed by atoms with E-state index in [2.05, 4.69) is 11.9 Å². The number of rotatable bonds is 4. The van der Waals surface area contributed by atoms with Gasteiger partial charge in [0.1, 0.15) is 0 Å². The third-order valence-corrected chi connectivity index (χ3v) is 1.40. The Morgan fingerprint density at radius 2 is 2.38 bits per heavy atom. The van der Waals surface area contributed by atoms with Crippen molar-refractivity contribution in [3.63, 3.8) is 0 Å². The zero-order valence-corrected chi connectivity index (χ0v) is 7.47. The van der Waals surface area contributed by atoms with Crippen LogP contribution >= 0.6 is 11.6 Å². The number of carboxylic acid groups (broad SMARTS) is 1. The van der Waals surface area contributed by atoms with Gasteiger partial charge in [-0.15, -0.1) is 0 Å². The molecular weight excluding hydrogens is 194 g/mol. The molecule has 5 heteroatoms. The first-order valence-corrected chi connectivity index (χ1v) is 3.87. The number of halogens is 1. The summed E-state index contributed by atoms with van der Waals surface area (Å²) < 4.78 is 4.89. The number of furan rings is 1. The molecule has 0 radical (unpaired) electrons. The van der Waals surface area contributed by atoms with Gasteiger partial charge in [0.15, 0.2) is 5.88 Å². The van der Waals surface area contributed by atoms with Crippen molar-refractivity contribution >= 4 is 23.5 Å². The number of nitrogens with one attached hydrogen (secondary N) is 1. The van der Waals surface area contributed by atoms with Crippen molar-refractivity contribution in [2.75, 3.05) is 11.9 Å². The van der Waals surface area contributed by atoms with E-state index in [1.807, 2.05) is 0 Å². The Balaban J connectivity index is 2.59. The average molecular weight is 202 g/mol. The Bertz CT molecular complexity index is 332. The highest BCUT2D eigenvalue weighted by Gasteiger charge is 2.07. The highest BCUT2D eigenvalue weighted by atomic mass is 35.5. The van der Waals surface area contributed by atoms with Crippen molar-refractivity contribution in [3.8, 4) is 0 Å². The molecule has 0 atom stereocenters. The molecule has 4 nitrogen and oxygen atoms in total. The Morgan fingerprint density at radius 1 is 1.69 bits per heavy atom. The van der Waals surface area contributed by atoms with E-state index in [0.29, 0.717) is 17.5 Å². The highest BCUT2D eigenvalue weighted by molar-refractivity contribution is 6.29. The van der Waals surface area contributed by atoms with E-state index in [-0.39, 0.29) is 5.76 Å². The summed E-state index contributed by atoms with van der Waals surface area (Å²) in [6.07, 6.45) is 0. The lowest BCUT2D eigenvalue weighted by atomic mass is 10.4. The number of hydrogen-bond donors (Lipinski definition) is 2. The average Bonchev–Trinajstić information content (AvgIpc) is 2.48. The molecule has 0 saturated carbocycles. The third-order valence-electron chi connectivity index (χ3n) is 1.27. The Kier molecular flexibility index (Phi) is 2.97. The van der Waals surface area contributed by atoms with Crippen LogP contribution in [-0.2, 0) is 0 Å². The lowest BCUT2D eigenvalue weighted by Crippen LogP contribution is -1.99. The topological polar surface area (TPSA) is 62.5 Å².